The van der Waals surface area contributed by atoms with E-state index in [2.05, 4.69) is 24.0 Å². The second kappa shape index (κ2) is 4.36. The van der Waals surface area contributed by atoms with Gasteiger partial charge < -0.3 is 0 Å². The zero-order valence-corrected chi connectivity index (χ0v) is 10.3. The van der Waals surface area contributed by atoms with Crippen LogP contribution in [-0.2, 0) is 11.2 Å². The Morgan fingerprint density at radius 2 is 2.12 bits per heavy atom. The molecule has 0 aromatic carbocycles. The monoisotopic (exact) mass is 217 g/mol. The molecule has 0 unspecified atom stereocenters. The van der Waals surface area contributed by atoms with Crippen molar-refractivity contribution in [2.24, 2.45) is 5.92 Å². The van der Waals surface area contributed by atoms with Crippen molar-refractivity contribution in [3.63, 3.8) is 0 Å². The van der Waals surface area contributed by atoms with Crippen LogP contribution in [0.25, 0.3) is 0 Å². The number of ketones is 1. The van der Waals surface area contributed by atoms with Gasteiger partial charge in [0.15, 0.2) is 0 Å². The Morgan fingerprint density at radius 3 is 2.81 bits per heavy atom. The summed E-state index contributed by atoms with van der Waals surface area (Å²) < 4.78 is 0. The smallest absolute Gasteiger partial charge is 0.133 e. The average molecular weight is 217 g/mol. The lowest BCUT2D eigenvalue weighted by Crippen LogP contribution is -2.13. The van der Waals surface area contributed by atoms with Gasteiger partial charge in [-0.1, -0.05) is 13.0 Å². The van der Waals surface area contributed by atoms with Crippen molar-refractivity contribution >= 4 is 5.78 Å². The maximum Gasteiger partial charge on any atom is 0.133 e. The van der Waals surface area contributed by atoms with Crippen LogP contribution in [0.3, 0.4) is 0 Å². The molecule has 0 N–H and O–H groups in total. The van der Waals surface area contributed by atoms with Gasteiger partial charge in [-0.25, -0.2) is 0 Å². The van der Waals surface area contributed by atoms with Gasteiger partial charge in [0.05, 0.1) is 0 Å². The van der Waals surface area contributed by atoms with Gasteiger partial charge >= 0.3 is 0 Å². The van der Waals surface area contributed by atoms with Crippen LogP contribution < -0.4 is 0 Å². The molecule has 0 saturated carbocycles. The summed E-state index contributed by atoms with van der Waals surface area (Å²) in [5, 5.41) is 0. The zero-order chi connectivity index (χ0) is 11.7. The second-order valence-corrected chi connectivity index (χ2v) is 4.98. The number of Topliss-reactive ketones (excluding diaryl/α,β-unsaturated/α-hetero) is 1. The van der Waals surface area contributed by atoms with E-state index >= 15 is 0 Å². The first-order chi connectivity index (χ1) is 7.58. The van der Waals surface area contributed by atoms with Crippen molar-refractivity contribution in [2.45, 2.75) is 46.0 Å². The number of pyridine rings is 1. The van der Waals surface area contributed by atoms with Crippen LogP contribution in [0.15, 0.2) is 12.1 Å². The number of carbonyl (C=O) groups excluding carboxylic acids is 1. The van der Waals surface area contributed by atoms with E-state index < -0.39 is 0 Å². The molecule has 16 heavy (non-hydrogen) atoms. The lowest BCUT2D eigenvalue weighted by molar-refractivity contribution is -0.120. The van der Waals surface area contributed by atoms with E-state index in [9.17, 15) is 4.79 Å². The maximum atomic E-state index is 11.5. The van der Waals surface area contributed by atoms with Gasteiger partial charge in [0, 0.05) is 17.3 Å². The second-order valence-electron chi connectivity index (χ2n) is 4.98. The van der Waals surface area contributed by atoms with Crippen molar-refractivity contribution in [2.75, 3.05) is 0 Å². The van der Waals surface area contributed by atoms with Crippen molar-refractivity contribution in [1.29, 1.82) is 0 Å². The molecule has 0 spiro atoms. The minimum atomic E-state index is 0.179. The van der Waals surface area contributed by atoms with E-state index in [4.69, 9.17) is 0 Å². The lowest BCUT2D eigenvalue weighted by Gasteiger charge is -2.11. The molecule has 0 bridgehead atoms. The molecule has 2 atom stereocenters. The van der Waals surface area contributed by atoms with Gasteiger partial charge in [-0.3, -0.25) is 9.78 Å². The van der Waals surface area contributed by atoms with Crippen LogP contribution in [0.5, 0.6) is 0 Å². The van der Waals surface area contributed by atoms with Crippen molar-refractivity contribution < 1.29 is 4.79 Å². The molecule has 2 rings (SSSR count). The number of aromatic nitrogens is 1. The van der Waals surface area contributed by atoms with E-state index in [1.165, 1.54) is 5.56 Å². The predicted molar refractivity (Wildman–Crippen MR) is 64.5 cm³/mol. The molecule has 86 valence electrons. The van der Waals surface area contributed by atoms with Crippen LogP contribution in [0.2, 0.25) is 0 Å². The standard InChI is InChI=1S/C14H19NO/c1-9-4-6-12(11(3)16)8-14-13(9)7-5-10(2)15-14/h5,7,9,12H,4,6,8H2,1-3H3/t9-,12-/m1/s1. The first-order valence-corrected chi connectivity index (χ1v) is 6.05. The summed E-state index contributed by atoms with van der Waals surface area (Å²) in [6.07, 6.45) is 2.94. The quantitative estimate of drug-likeness (QED) is 0.677. The number of hydrogen-bond acceptors (Lipinski definition) is 2. The Bertz CT molecular complexity index is 411. The number of nitrogens with zero attached hydrogens (tertiary/aromatic N) is 1. The molecule has 0 amide bonds. The molecule has 0 aliphatic heterocycles. The molecule has 1 aromatic heterocycles. The summed E-state index contributed by atoms with van der Waals surface area (Å²) >= 11 is 0. The van der Waals surface area contributed by atoms with Crippen LogP contribution >= 0.6 is 0 Å². The van der Waals surface area contributed by atoms with Crippen LogP contribution in [0.4, 0.5) is 0 Å². The Morgan fingerprint density at radius 1 is 1.38 bits per heavy atom. The number of aryl methyl sites for hydroxylation is 1. The molecule has 1 aliphatic carbocycles. The summed E-state index contributed by atoms with van der Waals surface area (Å²) in [5.41, 5.74) is 3.54. The Kier molecular flexibility index (Phi) is 3.08. The van der Waals surface area contributed by atoms with Gasteiger partial charge in [0.1, 0.15) is 5.78 Å². The van der Waals surface area contributed by atoms with E-state index in [1.54, 1.807) is 6.92 Å². The van der Waals surface area contributed by atoms with Crippen LogP contribution in [0, 0.1) is 12.8 Å². The average Bonchev–Trinajstić information content (AvgIpc) is 2.38. The van der Waals surface area contributed by atoms with Crippen molar-refractivity contribution in [3.05, 3.63) is 29.1 Å². The number of hydrogen-bond donors (Lipinski definition) is 0. The molecule has 2 heteroatoms. The molecule has 1 aliphatic rings. The highest BCUT2D eigenvalue weighted by atomic mass is 16.1. The summed E-state index contributed by atoms with van der Waals surface area (Å²) in [6, 6.07) is 4.26. The highest BCUT2D eigenvalue weighted by molar-refractivity contribution is 5.78. The van der Waals surface area contributed by atoms with Gasteiger partial charge in [0.25, 0.3) is 0 Å². The third-order valence-electron chi connectivity index (χ3n) is 3.64. The van der Waals surface area contributed by atoms with E-state index in [0.717, 1.165) is 30.7 Å². The molecule has 0 radical (unpaired) electrons. The number of fused-ring (bicyclic) bond motifs is 1. The predicted octanol–water partition coefficient (Wildman–Crippen LogP) is 3.04. The molecule has 0 fully saturated rings. The molecular weight excluding hydrogens is 198 g/mol. The third kappa shape index (κ3) is 2.16. The summed E-state index contributed by atoms with van der Waals surface area (Å²) in [4.78, 5) is 16.1. The van der Waals surface area contributed by atoms with Crippen molar-refractivity contribution in [1.82, 2.24) is 4.98 Å². The first kappa shape index (κ1) is 11.3. The fraction of sp³-hybridized carbons (Fsp3) is 0.571. The number of rotatable bonds is 1. The largest absolute Gasteiger partial charge is 0.300 e. The van der Waals surface area contributed by atoms with Crippen LogP contribution in [-0.4, -0.2) is 10.8 Å². The normalized spacial score (nSPS) is 24.7. The highest BCUT2D eigenvalue weighted by Crippen LogP contribution is 2.32. The first-order valence-electron chi connectivity index (χ1n) is 6.05. The summed E-state index contributed by atoms with van der Waals surface area (Å²) in [7, 11) is 0. The van der Waals surface area contributed by atoms with Crippen LogP contribution in [0.1, 0.15) is 49.6 Å². The van der Waals surface area contributed by atoms with Gasteiger partial charge in [-0.2, -0.15) is 0 Å². The summed E-state index contributed by atoms with van der Waals surface area (Å²) in [5.74, 6) is 1.02. The third-order valence-corrected chi connectivity index (χ3v) is 3.64. The number of carbonyl (C=O) groups is 1. The molecule has 1 aromatic rings. The molecule has 0 saturated heterocycles. The zero-order valence-electron chi connectivity index (χ0n) is 10.3. The minimum absolute atomic E-state index is 0.179. The van der Waals surface area contributed by atoms with Gasteiger partial charge in [-0.15, -0.1) is 0 Å². The summed E-state index contributed by atoms with van der Waals surface area (Å²) in [6.45, 7) is 5.95. The molecular formula is C14H19NO. The fourth-order valence-electron chi connectivity index (χ4n) is 2.52. The Balaban J connectivity index is 2.38. The topological polar surface area (TPSA) is 30.0 Å². The Labute approximate surface area is 97.1 Å². The van der Waals surface area contributed by atoms with Gasteiger partial charge in [0.2, 0.25) is 0 Å². The van der Waals surface area contributed by atoms with E-state index in [0.29, 0.717) is 11.7 Å². The minimum Gasteiger partial charge on any atom is -0.300 e. The maximum absolute atomic E-state index is 11.5. The van der Waals surface area contributed by atoms with Crippen molar-refractivity contribution in [3.8, 4) is 0 Å². The molecule has 2 nitrogen and oxygen atoms in total. The Hall–Kier alpha value is -1.18. The van der Waals surface area contributed by atoms with E-state index in [1.807, 2.05) is 6.92 Å². The van der Waals surface area contributed by atoms with E-state index in [-0.39, 0.29) is 5.92 Å². The highest BCUT2D eigenvalue weighted by Gasteiger charge is 2.24. The fourth-order valence-corrected chi connectivity index (χ4v) is 2.52. The lowest BCUT2D eigenvalue weighted by atomic mass is 9.95. The molecule has 1 heterocycles. The van der Waals surface area contributed by atoms with Gasteiger partial charge in [-0.05, 0) is 50.7 Å². The SMILES string of the molecule is CC(=O)[C@@H]1CC[C@@H](C)c2ccc(C)nc2C1.